The molecule has 10 nitrogen and oxygen atoms in total. The van der Waals surface area contributed by atoms with Gasteiger partial charge in [0.1, 0.15) is 15.2 Å². The number of anilines is 2. The van der Waals surface area contributed by atoms with Gasteiger partial charge in [-0.1, -0.05) is 79.6 Å². The summed E-state index contributed by atoms with van der Waals surface area (Å²) in [5.41, 5.74) is 7.81. The maximum Gasteiger partial charge on any atom is 0.355 e. The topological polar surface area (TPSA) is 123 Å². The van der Waals surface area contributed by atoms with Crippen LogP contribution in [-0.2, 0) is 17.6 Å². The van der Waals surface area contributed by atoms with E-state index in [0.717, 1.165) is 12.8 Å². The number of piperazine rings is 1. The van der Waals surface area contributed by atoms with E-state index in [2.05, 4.69) is 44.1 Å². The molecule has 3 aromatic heterocycles. The fourth-order valence-corrected chi connectivity index (χ4v) is 6.75. The molecule has 1 atom stereocenters. The molecule has 2 N–H and O–H groups in total. The van der Waals surface area contributed by atoms with Crippen LogP contribution in [0.2, 0.25) is 5.02 Å². The van der Waals surface area contributed by atoms with E-state index in [9.17, 15) is 9.59 Å². The Morgan fingerprint density at radius 2 is 1.80 bits per heavy atom. The van der Waals surface area contributed by atoms with Crippen LogP contribution in [0.15, 0.2) is 47.8 Å². The van der Waals surface area contributed by atoms with Gasteiger partial charge in [-0.15, -0.1) is 0 Å². The van der Waals surface area contributed by atoms with Gasteiger partial charge in [-0.05, 0) is 44.0 Å². The second-order valence-corrected chi connectivity index (χ2v) is 13.5. The Bertz CT molecular complexity index is 1800. The SMILES string of the molecule is C=CC(=O)N1CCN(c2nc(=O)n(-c3c(CCC)nc(N)nc3CCC)c3nc(-c4ccccc4F)c(Cl)cc23)[C@@](C)(I)C1. The van der Waals surface area contributed by atoms with Crippen molar-refractivity contribution >= 4 is 62.9 Å². The molecule has 1 aliphatic rings. The summed E-state index contributed by atoms with van der Waals surface area (Å²) in [6.45, 7) is 10.8. The van der Waals surface area contributed by atoms with E-state index in [4.69, 9.17) is 22.3 Å². The molecule has 1 amide bonds. The van der Waals surface area contributed by atoms with Crippen LogP contribution in [-0.4, -0.2) is 58.5 Å². The van der Waals surface area contributed by atoms with Crippen molar-refractivity contribution in [3.63, 3.8) is 0 Å². The normalized spacial score (nSPS) is 16.9. The number of aromatic nitrogens is 5. The van der Waals surface area contributed by atoms with E-state index in [1.807, 2.05) is 25.7 Å². The lowest BCUT2D eigenvalue weighted by Crippen LogP contribution is -2.59. The summed E-state index contributed by atoms with van der Waals surface area (Å²) < 4.78 is 15.8. The third-order valence-electron chi connectivity index (χ3n) is 7.55. The van der Waals surface area contributed by atoms with Gasteiger partial charge in [0, 0.05) is 18.7 Å². The number of aryl methyl sites for hydroxylation is 2. The first-order valence-corrected chi connectivity index (χ1v) is 15.9. The molecule has 1 fully saturated rings. The number of carbonyl (C=O) groups is 1. The van der Waals surface area contributed by atoms with E-state index in [-0.39, 0.29) is 33.8 Å². The number of benzene rings is 1. The molecule has 0 bridgehead atoms. The largest absolute Gasteiger partial charge is 0.368 e. The van der Waals surface area contributed by atoms with Crippen molar-refractivity contribution in [1.82, 2.24) is 29.4 Å². The summed E-state index contributed by atoms with van der Waals surface area (Å²) in [5.74, 6) is -0.182. The number of carbonyl (C=O) groups excluding carboxylic acids is 1. The summed E-state index contributed by atoms with van der Waals surface area (Å²) in [5, 5.41) is 0.686. The molecule has 0 unspecified atom stereocenters. The molecule has 1 saturated heterocycles. The van der Waals surface area contributed by atoms with Crippen LogP contribution in [0.4, 0.5) is 16.2 Å². The monoisotopic (exact) mass is 730 g/mol. The smallest absolute Gasteiger partial charge is 0.355 e. The second-order valence-electron chi connectivity index (χ2n) is 10.8. The third-order valence-corrected chi connectivity index (χ3v) is 8.76. The second kappa shape index (κ2) is 12.8. The quantitative estimate of drug-likeness (QED) is 0.109. The van der Waals surface area contributed by atoms with Gasteiger partial charge < -0.3 is 15.5 Å². The number of fused-ring (bicyclic) bond motifs is 1. The zero-order chi connectivity index (χ0) is 31.8. The molecule has 4 aromatic rings. The number of nitrogens with zero attached hydrogens (tertiary/aromatic N) is 7. The van der Waals surface area contributed by atoms with Crippen LogP contribution in [0.5, 0.6) is 0 Å². The lowest BCUT2D eigenvalue weighted by molar-refractivity contribution is -0.126. The van der Waals surface area contributed by atoms with Crippen molar-refractivity contribution in [2.75, 3.05) is 30.3 Å². The molecule has 230 valence electrons. The molecule has 1 aromatic carbocycles. The average molecular weight is 731 g/mol. The van der Waals surface area contributed by atoms with Crippen LogP contribution >= 0.6 is 34.2 Å². The highest BCUT2D eigenvalue weighted by atomic mass is 127. The standard InChI is InChI=1S/C31H33ClFIN8O2/c1-5-10-22-26(23(11-6-2)37-29(35)36-22)42-28-19(16-20(32)25(38-28)18-12-8-9-13-21(18)33)27(39-30(42)44)41-15-14-40(24(43)7-3)17-31(41,4)34/h7-9,12-13,16H,3,5-6,10-11,14-15,17H2,1-2,4H3,(H2,35,36,37)/t31-/m1/s1. The molecule has 5 rings (SSSR count). The molecule has 0 spiro atoms. The Hall–Kier alpha value is -3.65. The molecule has 0 aliphatic carbocycles. The zero-order valence-corrected chi connectivity index (χ0v) is 27.7. The number of alkyl halides is 1. The van der Waals surface area contributed by atoms with Crippen molar-refractivity contribution in [3.8, 4) is 16.9 Å². The maximum atomic E-state index is 15.1. The van der Waals surface area contributed by atoms with Gasteiger partial charge in [-0.25, -0.2) is 28.7 Å². The number of hydrogen-bond donors (Lipinski definition) is 1. The predicted octanol–water partition coefficient (Wildman–Crippen LogP) is 5.50. The van der Waals surface area contributed by atoms with Gasteiger partial charge in [0.15, 0.2) is 5.65 Å². The average Bonchev–Trinajstić information content (AvgIpc) is 2.97. The lowest BCUT2D eigenvalue weighted by atomic mass is 10.1. The first-order valence-electron chi connectivity index (χ1n) is 14.4. The van der Waals surface area contributed by atoms with Gasteiger partial charge in [0.05, 0.1) is 39.7 Å². The summed E-state index contributed by atoms with van der Waals surface area (Å²) in [6, 6.07) is 7.89. The molecule has 0 radical (unpaired) electrons. The lowest BCUT2D eigenvalue weighted by Gasteiger charge is -2.46. The summed E-state index contributed by atoms with van der Waals surface area (Å²) >= 11 is 9.09. The highest BCUT2D eigenvalue weighted by molar-refractivity contribution is 14.1. The molecule has 4 heterocycles. The van der Waals surface area contributed by atoms with Crippen LogP contribution in [0.25, 0.3) is 28.0 Å². The third kappa shape index (κ3) is 5.88. The highest BCUT2D eigenvalue weighted by Crippen LogP contribution is 2.39. The molecular weight excluding hydrogens is 698 g/mol. The van der Waals surface area contributed by atoms with Crippen molar-refractivity contribution in [1.29, 1.82) is 0 Å². The molecule has 13 heteroatoms. The van der Waals surface area contributed by atoms with E-state index in [0.29, 0.717) is 60.8 Å². The highest BCUT2D eigenvalue weighted by Gasteiger charge is 2.39. The van der Waals surface area contributed by atoms with Gasteiger partial charge >= 0.3 is 5.69 Å². The number of amides is 1. The molecule has 44 heavy (non-hydrogen) atoms. The number of nitrogen functional groups attached to an aromatic ring is 1. The fourth-order valence-electron chi connectivity index (χ4n) is 5.62. The molecular formula is C31H33ClFIN8O2. The first-order chi connectivity index (χ1) is 21.0. The summed E-state index contributed by atoms with van der Waals surface area (Å²) in [6.07, 6.45) is 3.85. The van der Waals surface area contributed by atoms with Crippen molar-refractivity contribution in [2.24, 2.45) is 0 Å². The minimum absolute atomic E-state index is 0.123. The Kier molecular flexibility index (Phi) is 9.21. The Morgan fingerprint density at radius 3 is 2.39 bits per heavy atom. The Labute approximate surface area is 273 Å². The van der Waals surface area contributed by atoms with Crippen molar-refractivity contribution < 1.29 is 9.18 Å². The van der Waals surface area contributed by atoms with E-state index < -0.39 is 15.1 Å². The Balaban J connectivity index is 1.86. The minimum Gasteiger partial charge on any atom is -0.368 e. The minimum atomic E-state index is -0.644. The predicted molar refractivity (Wildman–Crippen MR) is 180 cm³/mol. The maximum absolute atomic E-state index is 15.1. The van der Waals surface area contributed by atoms with Gasteiger partial charge in [-0.2, -0.15) is 4.98 Å². The van der Waals surface area contributed by atoms with E-state index >= 15 is 4.39 Å². The van der Waals surface area contributed by atoms with Crippen LogP contribution in [0.1, 0.15) is 45.0 Å². The summed E-state index contributed by atoms with van der Waals surface area (Å²) in [4.78, 5) is 48.9. The van der Waals surface area contributed by atoms with Crippen molar-refractivity contribution in [3.05, 3.63) is 75.7 Å². The fraction of sp³-hybridized carbons (Fsp3) is 0.355. The summed E-state index contributed by atoms with van der Waals surface area (Å²) in [7, 11) is 0. The molecule has 0 saturated carbocycles. The number of halogens is 3. The first kappa shape index (κ1) is 31.8. The Morgan fingerprint density at radius 1 is 1.14 bits per heavy atom. The van der Waals surface area contributed by atoms with Crippen LogP contribution in [0.3, 0.4) is 0 Å². The van der Waals surface area contributed by atoms with Gasteiger partial charge in [0.2, 0.25) is 11.9 Å². The van der Waals surface area contributed by atoms with Crippen LogP contribution in [0, 0.1) is 5.82 Å². The van der Waals surface area contributed by atoms with Crippen molar-refractivity contribution in [2.45, 2.75) is 50.0 Å². The van der Waals surface area contributed by atoms with Crippen LogP contribution < -0.4 is 16.3 Å². The zero-order valence-electron chi connectivity index (χ0n) is 24.8. The number of nitrogens with two attached hydrogens (primary N) is 1. The van der Waals surface area contributed by atoms with E-state index in [1.165, 1.54) is 16.7 Å². The number of hydrogen-bond acceptors (Lipinski definition) is 8. The number of pyridine rings is 1. The van der Waals surface area contributed by atoms with E-state index in [1.54, 1.807) is 29.2 Å². The molecule has 1 aliphatic heterocycles. The number of rotatable bonds is 8. The van der Waals surface area contributed by atoms with Gasteiger partial charge in [-0.3, -0.25) is 4.79 Å². The van der Waals surface area contributed by atoms with Gasteiger partial charge in [0.25, 0.3) is 0 Å².